The van der Waals surface area contributed by atoms with Gasteiger partial charge in [-0.3, -0.25) is 9.78 Å². The van der Waals surface area contributed by atoms with Crippen LogP contribution in [0.2, 0.25) is 0 Å². The molecule has 0 saturated carbocycles. The lowest BCUT2D eigenvalue weighted by atomic mass is 10.1. The first-order chi connectivity index (χ1) is 12.1. The molecule has 3 rings (SSSR count). The van der Waals surface area contributed by atoms with Gasteiger partial charge >= 0.3 is 5.97 Å². The molecule has 0 aliphatic heterocycles. The van der Waals surface area contributed by atoms with Crippen molar-refractivity contribution in [2.75, 3.05) is 12.4 Å². The maximum Gasteiger partial charge on any atom is 0.339 e. The molecule has 2 aromatic heterocycles. The van der Waals surface area contributed by atoms with E-state index in [9.17, 15) is 9.59 Å². The van der Waals surface area contributed by atoms with Crippen molar-refractivity contribution in [1.29, 1.82) is 0 Å². The van der Waals surface area contributed by atoms with Crippen LogP contribution >= 0.6 is 11.3 Å². The summed E-state index contributed by atoms with van der Waals surface area (Å²) in [6.45, 7) is 1.77. The number of ether oxygens (including phenoxy) is 1. The van der Waals surface area contributed by atoms with Crippen LogP contribution in [0.4, 0.5) is 5.69 Å². The molecule has 1 amide bonds. The van der Waals surface area contributed by atoms with Gasteiger partial charge in [-0.15, -0.1) is 11.3 Å². The monoisotopic (exact) mass is 353 g/mol. The van der Waals surface area contributed by atoms with Gasteiger partial charge in [0.2, 0.25) is 0 Å². The summed E-state index contributed by atoms with van der Waals surface area (Å²) in [6.07, 6.45) is 1.68. The normalized spacial score (nSPS) is 10.3. The smallest absolute Gasteiger partial charge is 0.339 e. The molecule has 0 fully saturated rings. The van der Waals surface area contributed by atoms with E-state index in [1.165, 1.54) is 18.4 Å². The summed E-state index contributed by atoms with van der Waals surface area (Å²) in [5.41, 5.74) is 2.01. The molecule has 0 atom stereocenters. The number of methoxy groups -OCH3 is 1. The average Bonchev–Trinajstić information content (AvgIpc) is 3.04. The molecule has 126 valence electrons. The van der Waals surface area contributed by atoms with Crippen LogP contribution in [0.1, 0.15) is 25.7 Å². The molecule has 0 bridgehead atoms. The quantitative estimate of drug-likeness (QED) is 0.726. The van der Waals surface area contributed by atoms with Crippen molar-refractivity contribution in [1.82, 2.24) is 9.97 Å². The van der Waals surface area contributed by atoms with Gasteiger partial charge in [0.25, 0.3) is 5.91 Å². The van der Waals surface area contributed by atoms with Gasteiger partial charge in [-0.2, -0.15) is 0 Å². The second-order valence-electron chi connectivity index (χ2n) is 5.14. The summed E-state index contributed by atoms with van der Waals surface area (Å²) in [7, 11) is 1.30. The van der Waals surface area contributed by atoms with Gasteiger partial charge in [0.15, 0.2) is 0 Å². The lowest BCUT2D eigenvalue weighted by Gasteiger charge is -2.08. The van der Waals surface area contributed by atoms with Crippen LogP contribution in [0, 0.1) is 6.92 Å². The van der Waals surface area contributed by atoms with E-state index in [1.807, 2.05) is 18.2 Å². The fourth-order valence-electron chi connectivity index (χ4n) is 2.27. The summed E-state index contributed by atoms with van der Waals surface area (Å²) in [4.78, 5) is 33.6. The van der Waals surface area contributed by atoms with Crippen LogP contribution in [0.15, 0.2) is 48.7 Å². The van der Waals surface area contributed by atoms with Crippen LogP contribution in [0.3, 0.4) is 0 Å². The molecule has 0 spiro atoms. The SMILES string of the molecule is COC(=O)c1ccccc1NC(=O)c1sc(-c2ccccn2)nc1C. The summed E-state index contributed by atoms with van der Waals surface area (Å²) < 4.78 is 4.74. The highest BCUT2D eigenvalue weighted by molar-refractivity contribution is 7.17. The van der Waals surface area contributed by atoms with Gasteiger partial charge < -0.3 is 10.1 Å². The molecule has 3 aromatic rings. The molecule has 2 heterocycles. The highest BCUT2D eigenvalue weighted by Gasteiger charge is 2.19. The van der Waals surface area contributed by atoms with E-state index < -0.39 is 5.97 Å². The van der Waals surface area contributed by atoms with E-state index in [0.29, 0.717) is 32.5 Å². The standard InChI is InChI=1S/C18H15N3O3S/c1-11-15(25-17(20-11)14-9-5-6-10-19-14)16(22)21-13-8-4-3-7-12(13)18(23)24-2/h3-10H,1-2H3,(H,21,22). The van der Waals surface area contributed by atoms with E-state index in [-0.39, 0.29) is 5.91 Å². The summed E-state index contributed by atoms with van der Waals surface area (Å²) in [5, 5.41) is 3.43. The second kappa shape index (κ2) is 7.23. The number of carbonyl (C=O) groups excluding carboxylic acids is 2. The molecule has 0 unspecified atom stereocenters. The largest absolute Gasteiger partial charge is 0.465 e. The molecule has 0 aliphatic rings. The van der Waals surface area contributed by atoms with Gasteiger partial charge in [-0.25, -0.2) is 9.78 Å². The highest BCUT2D eigenvalue weighted by Crippen LogP contribution is 2.27. The Labute approximate surface area is 148 Å². The number of aryl methyl sites for hydroxylation is 1. The molecule has 1 aromatic carbocycles. The average molecular weight is 353 g/mol. The van der Waals surface area contributed by atoms with E-state index in [0.717, 1.165) is 0 Å². The number of esters is 1. The lowest BCUT2D eigenvalue weighted by molar-refractivity contribution is 0.0602. The highest BCUT2D eigenvalue weighted by atomic mass is 32.1. The first kappa shape index (κ1) is 16.8. The maximum atomic E-state index is 12.6. The number of para-hydroxylation sites is 1. The first-order valence-electron chi connectivity index (χ1n) is 7.47. The van der Waals surface area contributed by atoms with Crippen molar-refractivity contribution < 1.29 is 14.3 Å². The topological polar surface area (TPSA) is 81.2 Å². The van der Waals surface area contributed by atoms with Gasteiger partial charge in [-0.1, -0.05) is 18.2 Å². The number of carbonyl (C=O) groups is 2. The second-order valence-corrected chi connectivity index (χ2v) is 6.14. The van der Waals surface area contributed by atoms with Crippen LogP contribution in [0.5, 0.6) is 0 Å². The minimum atomic E-state index is -0.508. The zero-order chi connectivity index (χ0) is 17.8. The summed E-state index contributed by atoms with van der Waals surface area (Å²) >= 11 is 1.26. The molecule has 7 heteroatoms. The Morgan fingerprint density at radius 2 is 1.88 bits per heavy atom. The van der Waals surface area contributed by atoms with E-state index in [1.54, 1.807) is 37.4 Å². The van der Waals surface area contributed by atoms with Crippen molar-refractivity contribution in [3.05, 3.63) is 64.8 Å². The van der Waals surface area contributed by atoms with Crippen molar-refractivity contribution in [2.45, 2.75) is 6.92 Å². The number of anilines is 1. The Morgan fingerprint density at radius 1 is 1.12 bits per heavy atom. The Bertz CT molecular complexity index is 922. The fraction of sp³-hybridized carbons (Fsp3) is 0.111. The number of amides is 1. The number of aromatic nitrogens is 2. The third-order valence-electron chi connectivity index (χ3n) is 3.47. The first-order valence-corrected chi connectivity index (χ1v) is 8.29. The number of thiazole rings is 1. The minimum Gasteiger partial charge on any atom is -0.465 e. The lowest BCUT2D eigenvalue weighted by Crippen LogP contribution is -2.15. The summed E-state index contributed by atoms with van der Waals surface area (Å²) in [6, 6.07) is 12.2. The molecular weight excluding hydrogens is 338 g/mol. The van der Waals surface area contributed by atoms with Crippen molar-refractivity contribution in [2.24, 2.45) is 0 Å². The molecule has 0 radical (unpaired) electrons. The van der Waals surface area contributed by atoms with Crippen LogP contribution < -0.4 is 5.32 Å². The van der Waals surface area contributed by atoms with Gasteiger partial charge in [0.05, 0.1) is 29.7 Å². The van der Waals surface area contributed by atoms with E-state index in [4.69, 9.17) is 4.74 Å². The Morgan fingerprint density at radius 3 is 2.60 bits per heavy atom. The third-order valence-corrected chi connectivity index (χ3v) is 4.65. The van der Waals surface area contributed by atoms with Crippen LogP contribution in [-0.4, -0.2) is 29.0 Å². The van der Waals surface area contributed by atoms with Crippen LogP contribution in [-0.2, 0) is 4.74 Å². The number of hydrogen-bond donors (Lipinski definition) is 1. The Balaban J connectivity index is 1.88. The third kappa shape index (κ3) is 3.56. The predicted molar refractivity (Wildman–Crippen MR) is 95.8 cm³/mol. The Kier molecular flexibility index (Phi) is 4.85. The van der Waals surface area contributed by atoms with E-state index in [2.05, 4.69) is 15.3 Å². The van der Waals surface area contributed by atoms with Gasteiger partial charge in [-0.05, 0) is 31.2 Å². The predicted octanol–water partition coefficient (Wildman–Crippen LogP) is 3.55. The van der Waals surface area contributed by atoms with Crippen molar-refractivity contribution in [3.63, 3.8) is 0 Å². The number of pyridine rings is 1. The number of benzene rings is 1. The van der Waals surface area contributed by atoms with Crippen molar-refractivity contribution in [3.8, 4) is 10.7 Å². The zero-order valence-corrected chi connectivity index (χ0v) is 14.5. The summed E-state index contributed by atoms with van der Waals surface area (Å²) in [5.74, 6) is -0.834. The molecule has 25 heavy (non-hydrogen) atoms. The Hall–Kier alpha value is -3.06. The number of hydrogen-bond acceptors (Lipinski definition) is 6. The molecule has 1 N–H and O–H groups in total. The number of nitrogens with one attached hydrogen (secondary N) is 1. The number of rotatable bonds is 4. The maximum absolute atomic E-state index is 12.6. The number of nitrogens with zero attached hydrogens (tertiary/aromatic N) is 2. The van der Waals surface area contributed by atoms with Crippen LogP contribution in [0.25, 0.3) is 10.7 Å². The minimum absolute atomic E-state index is 0.297. The van der Waals surface area contributed by atoms with Crippen molar-refractivity contribution >= 4 is 28.9 Å². The zero-order valence-electron chi connectivity index (χ0n) is 13.6. The van der Waals surface area contributed by atoms with E-state index >= 15 is 0 Å². The molecule has 0 aliphatic carbocycles. The molecule has 0 saturated heterocycles. The van der Waals surface area contributed by atoms with Gasteiger partial charge in [0, 0.05) is 6.20 Å². The fourth-order valence-corrected chi connectivity index (χ4v) is 3.20. The molecule has 6 nitrogen and oxygen atoms in total. The van der Waals surface area contributed by atoms with Gasteiger partial charge in [0.1, 0.15) is 9.88 Å². The molecular formula is C18H15N3O3S.